The number of ether oxygens (including phenoxy) is 1. The highest BCUT2D eigenvalue weighted by atomic mass is 35.5. The molecular formula is C21H25ClFN5O2. The van der Waals surface area contributed by atoms with Crippen molar-refractivity contribution >= 4 is 35.0 Å². The quantitative estimate of drug-likeness (QED) is 0.573. The lowest BCUT2D eigenvalue weighted by atomic mass is 9.98. The first-order chi connectivity index (χ1) is 14.5. The summed E-state index contributed by atoms with van der Waals surface area (Å²) in [6, 6.07) is 4.34. The van der Waals surface area contributed by atoms with Crippen LogP contribution in [0.1, 0.15) is 38.2 Å². The Hall–Kier alpha value is -2.45. The number of anilines is 3. The second kappa shape index (κ2) is 8.73. The van der Waals surface area contributed by atoms with E-state index in [-0.39, 0.29) is 12.0 Å². The first-order valence-electron chi connectivity index (χ1n) is 10.3. The minimum Gasteiger partial charge on any atom is -0.465 e. The summed E-state index contributed by atoms with van der Waals surface area (Å²) < 4.78 is 19.1. The Balaban J connectivity index is 1.68. The molecule has 0 spiro atoms. The summed E-state index contributed by atoms with van der Waals surface area (Å²) >= 11 is 6.25. The summed E-state index contributed by atoms with van der Waals surface area (Å²) in [6.45, 7) is 3.95. The zero-order chi connectivity index (χ0) is 21.1. The molecule has 1 aliphatic carbocycles. The smallest absolute Gasteiger partial charge is 0.316 e. The van der Waals surface area contributed by atoms with Crippen LogP contribution in [0.2, 0.25) is 5.02 Å². The summed E-state index contributed by atoms with van der Waals surface area (Å²) in [7, 11) is 0. The molecule has 1 saturated carbocycles. The standard InChI is InChI=1S/C21H25ClFN5O2/c1-2-30-19(29)21(7-8-21)15-12-25-20(26-14-5-9-24-10-6-14)28-18(15)27-17-11-13(23)3-4-16(17)22/h3-4,11-12,14,24H,2,5-10H2,1H3,(H2,25,26,27,28). The molecule has 1 aromatic heterocycles. The molecule has 3 N–H and O–H groups in total. The van der Waals surface area contributed by atoms with E-state index in [4.69, 9.17) is 16.3 Å². The van der Waals surface area contributed by atoms with Crippen molar-refractivity contribution in [1.82, 2.24) is 15.3 Å². The molecule has 2 heterocycles. The van der Waals surface area contributed by atoms with Crippen LogP contribution in [0.4, 0.5) is 21.8 Å². The summed E-state index contributed by atoms with van der Waals surface area (Å²) in [5.41, 5.74) is 0.243. The number of hydrogen-bond acceptors (Lipinski definition) is 7. The average molecular weight is 434 g/mol. The van der Waals surface area contributed by atoms with Gasteiger partial charge in [0.1, 0.15) is 11.6 Å². The molecular weight excluding hydrogens is 409 g/mol. The van der Waals surface area contributed by atoms with Crippen molar-refractivity contribution in [2.75, 3.05) is 30.3 Å². The van der Waals surface area contributed by atoms with Gasteiger partial charge in [-0.05, 0) is 63.9 Å². The van der Waals surface area contributed by atoms with Crippen LogP contribution >= 0.6 is 11.6 Å². The van der Waals surface area contributed by atoms with E-state index in [2.05, 4.69) is 25.9 Å². The van der Waals surface area contributed by atoms with Crippen molar-refractivity contribution in [2.24, 2.45) is 0 Å². The van der Waals surface area contributed by atoms with Gasteiger partial charge in [0.05, 0.1) is 22.7 Å². The van der Waals surface area contributed by atoms with E-state index in [1.165, 1.54) is 18.2 Å². The van der Waals surface area contributed by atoms with E-state index in [0.29, 0.717) is 47.5 Å². The Bertz CT molecular complexity index is 932. The van der Waals surface area contributed by atoms with Gasteiger partial charge in [-0.15, -0.1) is 0 Å². The molecule has 160 valence electrons. The van der Waals surface area contributed by atoms with Gasteiger partial charge in [-0.3, -0.25) is 4.79 Å². The molecule has 1 aliphatic heterocycles. The zero-order valence-electron chi connectivity index (χ0n) is 16.8. The van der Waals surface area contributed by atoms with Gasteiger partial charge >= 0.3 is 5.97 Å². The highest BCUT2D eigenvalue weighted by Gasteiger charge is 2.54. The Morgan fingerprint density at radius 1 is 1.37 bits per heavy atom. The number of halogens is 2. The van der Waals surface area contributed by atoms with Gasteiger partial charge < -0.3 is 20.7 Å². The first kappa shape index (κ1) is 20.8. The van der Waals surface area contributed by atoms with Gasteiger partial charge in [-0.2, -0.15) is 4.98 Å². The van der Waals surface area contributed by atoms with Gasteiger partial charge in [-0.25, -0.2) is 9.37 Å². The van der Waals surface area contributed by atoms with Crippen LogP contribution in [0.25, 0.3) is 0 Å². The number of rotatable bonds is 7. The zero-order valence-corrected chi connectivity index (χ0v) is 17.6. The molecule has 1 aromatic carbocycles. The number of benzene rings is 1. The van der Waals surface area contributed by atoms with Crippen molar-refractivity contribution in [3.05, 3.63) is 40.8 Å². The maximum absolute atomic E-state index is 13.8. The van der Waals surface area contributed by atoms with E-state index in [0.717, 1.165) is 25.9 Å². The average Bonchev–Trinajstić information content (AvgIpc) is 3.54. The minimum atomic E-state index is -0.772. The molecule has 0 radical (unpaired) electrons. The fourth-order valence-electron chi connectivity index (χ4n) is 3.74. The molecule has 30 heavy (non-hydrogen) atoms. The highest BCUT2D eigenvalue weighted by Crippen LogP contribution is 2.51. The SMILES string of the molecule is CCOC(=O)C1(c2cnc(NC3CCNCC3)nc2Nc2cc(F)ccc2Cl)CC1. The molecule has 0 atom stereocenters. The topological polar surface area (TPSA) is 88.2 Å². The third-order valence-corrected chi connectivity index (χ3v) is 5.90. The molecule has 2 fully saturated rings. The Kier molecular flexibility index (Phi) is 6.06. The number of piperidine rings is 1. The monoisotopic (exact) mass is 433 g/mol. The molecule has 2 aromatic rings. The molecule has 0 unspecified atom stereocenters. The van der Waals surface area contributed by atoms with E-state index in [1.54, 1.807) is 13.1 Å². The molecule has 4 rings (SSSR count). The third kappa shape index (κ3) is 4.34. The second-order valence-electron chi connectivity index (χ2n) is 7.68. The molecule has 0 amide bonds. The maximum Gasteiger partial charge on any atom is 0.316 e. The fourth-order valence-corrected chi connectivity index (χ4v) is 3.91. The van der Waals surface area contributed by atoms with E-state index in [1.807, 2.05) is 0 Å². The van der Waals surface area contributed by atoms with Crippen LogP contribution in [0, 0.1) is 5.82 Å². The van der Waals surface area contributed by atoms with Crippen molar-refractivity contribution in [3.8, 4) is 0 Å². The number of esters is 1. The van der Waals surface area contributed by atoms with Gasteiger partial charge in [0.15, 0.2) is 0 Å². The fraction of sp³-hybridized carbons (Fsp3) is 0.476. The van der Waals surface area contributed by atoms with Gasteiger partial charge in [0.2, 0.25) is 5.95 Å². The van der Waals surface area contributed by atoms with E-state index < -0.39 is 11.2 Å². The maximum atomic E-state index is 13.8. The number of hydrogen-bond donors (Lipinski definition) is 3. The Morgan fingerprint density at radius 3 is 2.83 bits per heavy atom. The predicted molar refractivity (Wildman–Crippen MR) is 114 cm³/mol. The molecule has 0 bridgehead atoms. The number of carbonyl (C=O) groups excluding carboxylic acids is 1. The Labute approximate surface area is 179 Å². The van der Waals surface area contributed by atoms with Crippen molar-refractivity contribution in [1.29, 1.82) is 0 Å². The number of nitrogens with zero attached hydrogens (tertiary/aromatic N) is 2. The largest absolute Gasteiger partial charge is 0.465 e. The lowest BCUT2D eigenvalue weighted by Crippen LogP contribution is -2.35. The third-order valence-electron chi connectivity index (χ3n) is 5.57. The normalized spacial score (nSPS) is 18.0. The molecule has 1 saturated heterocycles. The van der Waals surface area contributed by atoms with E-state index in [9.17, 15) is 9.18 Å². The summed E-state index contributed by atoms with van der Waals surface area (Å²) in [6.07, 6.45) is 4.91. The number of aromatic nitrogens is 2. The highest BCUT2D eigenvalue weighted by molar-refractivity contribution is 6.33. The summed E-state index contributed by atoms with van der Waals surface area (Å²) in [5, 5.41) is 10.2. The van der Waals surface area contributed by atoms with Gasteiger partial charge in [-0.1, -0.05) is 11.6 Å². The lowest BCUT2D eigenvalue weighted by molar-refractivity contribution is -0.146. The first-order valence-corrected chi connectivity index (χ1v) is 10.6. The van der Waals surface area contributed by atoms with Crippen LogP contribution in [-0.4, -0.2) is 41.7 Å². The predicted octanol–water partition coefficient (Wildman–Crippen LogP) is 3.77. The van der Waals surface area contributed by atoms with Crippen LogP contribution in [-0.2, 0) is 14.9 Å². The van der Waals surface area contributed by atoms with Crippen molar-refractivity contribution in [2.45, 2.75) is 44.1 Å². The molecule has 7 nitrogen and oxygen atoms in total. The molecule has 2 aliphatic rings. The molecule has 9 heteroatoms. The summed E-state index contributed by atoms with van der Waals surface area (Å²) in [4.78, 5) is 21.7. The minimum absolute atomic E-state index is 0.266. The number of nitrogens with one attached hydrogen (secondary N) is 3. The van der Waals surface area contributed by atoms with E-state index >= 15 is 0 Å². The van der Waals surface area contributed by atoms with Gasteiger partial charge in [0, 0.05) is 17.8 Å². The van der Waals surface area contributed by atoms with Crippen molar-refractivity contribution < 1.29 is 13.9 Å². The van der Waals surface area contributed by atoms with Crippen LogP contribution < -0.4 is 16.0 Å². The Morgan fingerprint density at radius 2 is 2.13 bits per heavy atom. The lowest BCUT2D eigenvalue weighted by Gasteiger charge is -2.24. The number of carbonyl (C=O) groups is 1. The van der Waals surface area contributed by atoms with Crippen molar-refractivity contribution in [3.63, 3.8) is 0 Å². The van der Waals surface area contributed by atoms with Crippen LogP contribution in [0.5, 0.6) is 0 Å². The van der Waals surface area contributed by atoms with Crippen LogP contribution in [0.3, 0.4) is 0 Å². The second-order valence-corrected chi connectivity index (χ2v) is 8.08. The van der Waals surface area contributed by atoms with Gasteiger partial charge in [0.25, 0.3) is 0 Å². The van der Waals surface area contributed by atoms with Crippen LogP contribution in [0.15, 0.2) is 24.4 Å². The summed E-state index contributed by atoms with van der Waals surface area (Å²) in [5.74, 6) is 0.179.